The van der Waals surface area contributed by atoms with Crippen molar-refractivity contribution in [2.45, 2.75) is 63.8 Å². The van der Waals surface area contributed by atoms with Gasteiger partial charge in [0.25, 0.3) is 0 Å². The molecule has 1 fully saturated rings. The van der Waals surface area contributed by atoms with E-state index in [2.05, 4.69) is 36.9 Å². The smallest absolute Gasteiger partial charge is 0.298 e. The number of nitrogens with zero attached hydrogens (tertiary/aromatic N) is 1. The van der Waals surface area contributed by atoms with Crippen LogP contribution in [-0.4, -0.2) is 18.0 Å². The lowest BCUT2D eigenvalue weighted by atomic mass is 9.83. The van der Waals surface area contributed by atoms with Crippen LogP contribution in [-0.2, 0) is 18.9 Å². The monoisotopic (exact) mass is 519 g/mol. The summed E-state index contributed by atoms with van der Waals surface area (Å²) in [5, 5.41) is 0. The second-order valence-corrected chi connectivity index (χ2v) is 10.0. The van der Waals surface area contributed by atoms with Gasteiger partial charge in [-0.3, -0.25) is 4.90 Å². The molecule has 0 amide bonds. The number of benzene rings is 3. The van der Waals surface area contributed by atoms with Gasteiger partial charge in [-0.15, -0.1) is 0 Å². The molecule has 0 aromatic heterocycles. The SMILES string of the molecule is CCC(C)c1ccc(C2CCCN(Cc3cccc(C(F)(F)F)c3)C2)c(-c2ccc(C(F)(F)F)cc2)c1. The van der Waals surface area contributed by atoms with E-state index in [0.29, 0.717) is 24.6 Å². The molecule has 0 saturated carbocycles. The first-order valence-corrected chi connectivity index (χ1v) is 12.7. The Balaban J connectivity index is 1.63. The van der Waals surface area contributed by atoms with Crippen LogP contribution in [0.5, 0.6) is 0 Å². The van der Waals surface area contributed by atoms with Crippen molar-refractivity contribution < 1.29 is 26.3 Å². The van der Waals surface area contributed by atoms with Crippen LogP contribution in [0.25, 0.3) is 11.1 Å². The molecule has 1 nitrogen and oxygen atoms in total. The molecule has 1 aliphatic rings. The van der Waals surface area contributed by atoms with Crippen LogP contribution in [0, 0.1) is 0 Å². The molecule has 0 spiro atoms. The first kappa shape index (κ1) is 27.2. The fourth-order valence-electron chi connectivity index (χ4n) is 5.12. The van der Waals surface area contributed by atoms with Crippen LogP contribution in [0.2, 0.25) is 0 Å². The van der Waals surface area contributed by atoms with Crippen molar-refractivity contribution in [2.75, 3.05) is 13.1 Å². The number of rotatable bonds is 6. The van der Waals surface area contributed by atoms with Crippen molar-refractivity contribution in [3.8, 4) is 11.1 Å². The van der Waals surface area contributed by atoms with Crippen molar-refractivity contribution in [3.05, 3.63) is 94.5 Å². The first-order valence-electron chi connectivity index (χ1n) is 12.7. The average Bonchev–Trinajstić information content (AvgIpc) is 2.87. The summed E-state index contributed by atoms with van der Waals surface area (Å²) < 4.78 is 79.0. The number of hydrogen-bond donors (Lipinski definition) is 0. The number of hydrogen-bond acceptors (Lipinski definition) is 1. The van der Waals surface area contributed by atoms with Gasteiger partial charge < -0.3 is 0 Å². The van der Waals surface area contributed by atoms with E-state index < -0.39 is 23.5 Å². The molecule has 0 radical (unpaired) electrons. The standard InChI is InChI=1S/C30H31F6N/c1-3-20(2)23-11-14-27(28(17-23)22-9-12-25(13-10-22)29(31,32)33)24-7-5-15-37(19-24)18-21-6-4-8-26(16-21)30(34,35)36/h4,6,8-14,16-17,20,24H,3,5,7,15,18-19H2,1-2H3. The summed E-state index contributed by atoms with van der Waals surface area (Å²) >= 11 is 0. The van der Waals surface area contributed by atoms with Crippen LogP contribution >= 0.6 is 0 Å². The van der Waals surface area contributed by atoms with Gasteiger partial charge in [0.05, 0.1) is 11.1 Å². The van der Waals surface area contributed by atoms with E-state index in [-0.39, 0.29) is 5.92 Å². The van der Waals surface area contributed by atoms with E-state index in [1.54, 1.807) is 6.07 Å². The third-order valence-electron chi connectivity index (χ3n) is 7.39. The minimum atomic E-state index is -4.40. The molecule has 1 saturated heterocycles. The van der Waals surface area contributed by atoms with Gasteiger partial charge in [-0.1, -0.05) is 62.4 Å². The van der Waals surface area contributed by atoms with Gasteiger partial charge in [-0.2, -0.15) is 26.3 Å². The van der Waals surface area contributed by atoms with Crippen LogP contribution in [0.1, 0.15) is 72.8 Å². The van der Waals surface area contributed by atoms with E-state index in [0.717, 1.165) is 66.3 Å². The van der Waals surface area contributed by atoms with Gasteiger partial charge in [0, 0.05) is 13.1 Å². The molecule has 37 heavy (non-hydrogen) atoms. The molecule has 7 heteroatoms. The van der Waals surface area contributed by atoms with Crippen molar-refractivity contribution in [1.29, 1.82) is 0 Å². The summed E-state index contributed by atoms with van der Waals surface area (Å²) in [4.78, 5) is 2.17. The van der Waals surface area contributed by atoms with Crippen molar-refractivity contribution in [3.63, 3.8) is 0 Å². The highest BCUT2D eigenvalue weighted by Crippen LogP contribution is 2.39. The maximum atomic E-state index is 13.2. The predicted molar refractivity (Wildman–Crippen MR) is 134 cm³/mol. The Kier molecular flexibility index (Phi) is 8.02. The molecule has 198 valence electrons. The normalized spacial score (nSPS) is 18.1. The summed E-state index contributed by atoms with van der Waals surface area (Å²) in [6.45, 7) is 6.10. The van der Waals surface area contributed by atoms with Crippen LogP contribution in [0.3, 0.4) is 0 Å². The highest BCUT2D eigenvalue weighted by atomic mass is 19.4. The lowest BCUT2D eigenvalue weighted by Gasteiger charge is -2.34. The Morgan fingerprint density at radius 1 is 0.865 bits per heavy atom. The van der Waals surface area contributed by atoms with Gasteiger partial charge in [-0.05, 0) is 83.7 Å². The fraction of sp³-hybridized carbons (Fsp3) is 0.400. The number of halogens is 6. The summed E-state index contributed by atoms with van der Waals surface area (Å²) in [5.74, 6) is 0.439. The molecule has 0 N–H and O–H groups in total. The van der Waals surface area contributed by atoms with Gasteiger partial charge in [0.1, 0.15) is 0 Å². The third kappa shape index (κ3) is 6.56. The highest BCUT2D eigenvalue weighted by Gasteiger charge is 2.32. The van der Waals surface area contributed by atoms with Gasteiger partial charge in [-0.25, -0.2) is 0 Å². The number of alkyl halides is 6. The quantitative estimate of drug-likeness (QED) is 0.293. The van der Waals surface area contributed by atoms with Crippen LogP contribution in [0.15, 0.2) is 66.7 Å². The average molecular weight is 520 g/mol. The molecular weight excluding hydrogens is 488 g/mol. The highest BCUT2D eigenvalue weighted by molar-refractivity contribution is 5.69. The number of likely N-dealkylation sites (tertiary alicyclic amines) is 1. The molecule has 0 bridgehead atoms. The van der Waals surface area contributed by atoms with Gasteiger partial charge in [0.15, 0.2) is 0 Å². The van der Waals surface area contributed by atoms with Crippen molar-refractivity contribution in [1.82, 2.24) is 4.90 Å². The minimum Gasteiger partial charge on any atom is -0.298 e. The second-order valence-electron chi connectivity index (χ2n) is 10.0. The summed E-state index contributed by atoms with van der Waals surface area (Å²) in [5.41, 5.74) is 3.16. The van der Waals surface area contributed by atoms with Crippen LogP contribution in [0.4, 0.5) is 26.3 Å². The van der Waals surface area contributed by atoms with E-state index in [4.69, 9.17) is 0 Å². The number of piperidine rings is 1. The Morgan fingerprint density at radius 2 is 1.57 bits per heavy atom. The maximum Gasteiger partial charge on any atom is 0.416 e. The van der Waals surface area contributed by atoms with Crippen LogP contribution < -0.4 is 0 Å². The molecule has 1 heterocycles. The van der Waals surface area contributed by atoms with E-state index in [1.807, 2.05) is 0 Å². The third-order valence-corrected chi connectivity index (χ3v) is 7.39. The lowest BCUT2D eigenvalue weighted by Crippen LogP contribution is -2.34. The van der Waals surface area contributed by atoms with E-state index in [1.165, 1.54) is 24.3 Å². The zero-order valence-corrected chi connectivity index (χ0v) is 21.0. The minimum absolute atomic E-state index is 0.128. The second kappa shape index (κ2) is 10.9. The lowest BCUT2D eigenvalue weighted by molar-refractivity contribution is -0.138. The van der Waals surface area contributed by atoms with E-state index in [9.17, 15) is 26.3 Å². The maximum absolute atomic E-state index is 13.2. The molecule has 2 unspecified atom stereocenters. The van der Waals surface area contributed by atoms with Gasteiger partial charge in [0.2, 0.25) is 0 Å². The largest absolute Gasteiger partial charge is 0.416 e. The molecule has 0 aliphatic carbocycles. The Morgan fingerprint density at radius 3 is 2.22 bits per heavy atom. The summed E-state index contributed by atoms with van der Waals surface area (Å²) in [6, 6.07) is 17.0. The topological polar surface area (TPSA) is 3.24 Å². The fourth-order valence-corrected chi connectivity index (χ4v) is 5.12. The first-order chi connectivity index (χ1) is 17.5. The predicted octanol–water partition coefficient (Wildman–Crippen LogP) is 9.28. The molecule has 2 atom stereocenters. The summed E-state index contributed by atoms with van der Waals surface area (Å²) in [7, 11) is 0. The molecule has 1 aliphatic heterocycles. The van der Waals surface area contributed by atoms with Crippen molar-refractivity contribution in [2.24, 2.45) is 0 Å². The van der Waals surface area contributed by atoms with E-state index >= 15 is 0 Å². The molecule has 3 aromatic carbocycles. The Labute approximate surface area is 214 Å². The summed E-state index contributed by atoms with van der Waals surface area (Å²) in [6.07, 6.45) is -6.03. The Hall–Kier alpha value is -2.80. The Bertz CT molecular complexity index is 1200. The molecule has 3 aromatic rings. The molecule has 4 rings (SSSR count). The zero-order chi connectivity index (χ0) is 26.8. The van der Waals surface area contributed by atoms with Gasteiger partial charge >= 0.3 is 12.4 Å². The zero-order valence-electron chi connectivity index (χ0n) is 21.0. The molecular formula is C30H31F6N. The van der Waals surface area contributed by atoms with Crippen molar-refractivity contribution >= 4 is 0 Å².